The lowest BCUT2D eigenvalue weighted by atomic mass is 9.99. The highest BCUT2D eigenvalue weighted by Crippen LogP contribution is 2.27. The Morgan fingerprint density at radius 1 is 0.971 bits per heavy atom. The molecule has 1 unspecified atom stereocenters. The molecular formula is C27H31N3O4S. The van der Waals surface area contributed by atoms with Crippen LogP contribution in [0.15, 0.2) is 71.6 Å². The molecule has 35 heavy (non-hydrogen) atoms. The SMILES string of the molecule is CC(=O)NC(Cc1ccccc1C)C(=O)NC1CCN(S(=O)(=O)c2cccc3ccccc23)CC1. The van der Waals surface area contributed by atoms with E-state index < -0.39 is 16.1 Å². The van der Waals surface area contributed by atoms with Gasteiger partial charge in [-0.1, -0.05) is 60.7 Å². The van der Waals surface area contributed by atoms with Gasteiger partial charge in [0.05, 0.1) is 4.90 Å². The van der Waals surface area contributed by atoms with Crippen LogP contribution in [0, 0.1) is 6.92 Å². The number of carbonyl (C=O) groups excluding carboxylic acids is 2. The van der Waals surface area contributed by atoms with E-state index in [4.69, 9.17) is 0 Å². The summed E-state index contributed by atoms with van der Waals surface area (Å²) >= 11 is 0. The number of carbonyl (C=O) groups is 2. The molecule has 0 aromatic heterocycles. The number of nitrogens with one attached hydrogen (secondary N) is 2. The number of fused-ring (bicyclic) bond motifs is 1. The summed E-state index contributed by atoms with van der Waals surface area (Å²) in [6.45, 7) is 4.01. The van der Waals surface area contributed by atoms with Crippen LogP contribution in [0.3, 0.4) is 0 Å². The van der Waals surface area contributed by atoms with Crippen LogP contribution in [0.2, 0.25) is 0 Å². The summed E-state index contributed by atoms with van der Waals surface area (Å²) in [5.74, 6) is -0.520. The van der Waals surface area contributed by atoms with Gasteiger partial charge in [0.2, 0.25) is 21.8 Å². The predicted molar refractivity (Wildman–Crippen MR) is 136 cm³/mol. The van der Waals surface area contributed by atoms with Gasteiger partial charge in [0, 0.05) is 37.9 Å². The lowest BCUT2D eigenvalue weighted by Crippen LogP contribution is -2.53. The molecule has 0 bridgehead atoms. The number of hydrogen-bond acceptors (Lipinski definition) is 4. The molecule has 184 valence electrons. The molecule has 1 fully saturated rings. The third kappa shape index (κ3) is 5.71. The van der Waals surface area contributed by atoms with Gasteiger partial charge in [-0.3, -0.25) is 9.59 Å². The molecule has 1 aliphatic rings. The zero-order chi connectivity index (χ0) is 25.0. The first-order chi connectivity index (χ1) is 16.8. The van der Waals surface area contributed by atoms with Crippen LogP contribution in [-0.4, -0.2) is 49.7 Å². The van der Waals surface area contributed by atoms with Gasteiger partial charge in [-0.25, -0.2) is 8.42 Å². The van der Waals surface area contributed by atoms with Crippen LogP contribution < -0.4 is 10.6 Å². The average molecular weight is 494 g/mol. The first-order valence-corrected chi connectivity index (χ1v) is 13.3. The highest BCUT2D eigenvalue weighted by Gasteiger charge is 2.32. The molecular weight excluding hydrogens is 462 g/mol. The second-order valence-electron chi connectivity index (χ2n) is 9.05. The van der Waals surface area contributed by atoms with Crippen molar-refractivity contribution in [2.45, 2.75) is 50.1 Å². The van der Waals surface area contributed by atoms with E-state index in [1.165, 1.54) is 11.2 Å². The maximum Gasteiger partial charge on any atom is 0.243 e. The smallest absolute Gasteiger partial charge is 0.243 e. The van der Waals surface area contributed by atoms with Gasteiger partial charge in [0.15, 0.2) is 0 Å². The minimum atomic E-state index is -3.65. The standard InChI is InChI=1S/C27H31N3O4S/c1-19-8-3-4-10-22(19)18-25(28-20(2)31)27(32)29-23-14-16-30(17-15-23)35(33,34)26-13-7-11-21-9-5-6-12-24(21)26/h3-13,23,25H,14-18H2,1-2H3,(H,28,31)(H,29,32). The van der Waals surface area contributed by atoms with Crippen molar-refractivity contribution < 1.29 is 18.0 Å². The van der Waals surface area contributed by atoms with Crippen molar-refractivity contribution in [3.05, 3.63) is 77.9 Å². The molecule has 0 radical (unpaired) electrons. The Bertz CT molecular complexity index is 1330. The van der Waals surface area contributed by atoms with Gasteiger partial charge < -0.3 is 10.6 Å². The van der Waals surface area contributed by atoms with E-state index in [0.717, 1.165) is 16.5 Å². The zero-order valence-electron chi connectivity index (χ0n) is 20.0. The number of rotatable bonds is 7. The maximum atomic E-state index is 13.4. The summed E-state index contributed by atoms with van der Waals surface area (Å²) in [5.41, 5.74) is 2.06. The fraction of sp³-hybridized carbons (Fsp3) is 0.333. The number of benzene rings is 3. The molecule has 7 nitrogen and oxygen atoms in total. The zero-order valence-corrected chi connectivity index (χ0v) is 20.8. The van der Waals surface area contributed by atoms with E-state index in [-0.39, 0.29) is 17.9 Å². The normalized spacial score (nSPS) is 16.1. The Morgan fingerprint density at radius 2 is 1.63 bits per heavy atom. The van der Waals surface area contributed by atoms with Crippen LogP contribution in [0.25, 0.3) is 10.8 Å². The second-order valence-corrected chi connectivity index (χ2v) is 11.0. The first kappa shape index (κ1) is 24.9. The van der Waals surface area contributed by atoms with Crippen LogP contribution in [0.5, 0.6) is 0 Å². The minimum Gasteiger partial charge on any atom is -0.351 e. The van der Waals surface area contributed by atoms with Crippen LogP contribution >= 0.6 is 0 Å². The highest BCUT2D eigenvalue weighted by atomic mass is 32.2. The second kappa shape index (κ2) is 10.6. The van der Waals surface area contributed by atoms with Crippen molar-refractivity contribution in [2.75, 3.05) is 13.1 Å². The first-order valence-electron chi connectivity index (χ1n) is 11.9. The molecule has 4 rings (SSSR count). The van der Waals surface area contributed by atoms with Crippen LogP contribution in [-0.2, 0) is 26.0 Å². The van der Waals surface area contributed by atoms with E-state index in [1.54, 1.807) is 12.1 Å². The lowest BCUT2D eigenvalue weighted by molar-refractivity contribution is -0.128. The molecule has 3 aromatic carbocycles. The van der Waals surface area contributed by atoms with Crippen molar-refractivity contribution >= 4 is 32.6 Å². The van der Waals surface area contributed by atoms with Crippen molar-refractivity contribution in [1.82, 2.24) is 14.9 Å². The average Bonchev–Trinajstić information content (AvgIpc) is 2.84. The van der Waals surface area contributed by atoms with E-state index in [2.05, 4.69) is 10.6 Å². The Morgan fingerprint density at radius 3 is 2.34 bits per heavy atom. The monoisotopic (exact) mass is 493 g/mol. The van der Waals surface area contributed by atoms with E-state index in [9.17, 15) is 18.0 Å². The van der Waals surface area contributed by atoms with E-state index >= 15 is 0 Å². The van der Waals surface area contributed by atoms with Crippen molar-refractivity contribution in [3.8, 4) is 0 Å². The summed E-state index contributed by atoms with van der Waals surface area (Å²) in [6.07, 6.45) is 1.41. The summed E-state index contributed by atoms with van der Waals surface area (Å²) in [7, 11) is -3.65. The topological polar surface area (TPSA) is 95.6 Å². The predicted octanol–water partition coefficient (Wildman–Crippen LogP) is 3.16. The van der Waals surface area contributed by atoms with Gasteiger partial charge in [-0.15, -0.1) is 0 Å². The number of amides is 2. The molecule has 1 saturated heterocycles. The maximum absolute atomic E-state index is 13.4. The molecule has 1 atom stereocenters. The summed E-state index contributed by atoms with van der Waals surface area (Å²) in [4.78, 5) is 25.1. The number of sulfonamides is 1. The van der Waals surface area contributed by atoms with Gasteiger partial charge in [-0.05, 0) is 42.3 Å². The molecule has 0 aliphatic carbocycles. The number of aryl methyl sites for hydroxylation is 1. The number of hydrogen-bond donors (Lipinski definition) is 2. The van der Waals surface area contributed by atoms with Crippen LogP contribution in [0.4, 0.5) is 0 Å². The Hall–Kier alpha value is -3.23. The molecule has 0 saturated carbocycles. The van der Waals surface area contributed by atoms with E-state index in [1.807, 2.05) is 61.5 Å². The van der Waals surface area contributed by atoms with Crippen molar-refractivity contribution in [2.24, 2.45) is 0 Å². The van der Waals surface area contributed by atoms with E-state index in [0.29, 0.717) is 42.6 Å². The fourth-order valence-electron chi connectivity index (χ4n) is 4.62. The van der Waals surface area contributed by atoms with Crippen molar-refractivity contribution in [3.63, 3.8) is 0 Å². The lowest BCUT2D eigenvalue weighted by Gasteiger charge is -2.32. The van der Waals surface area contributed by atoms with Gasteiger partial charge in [0.25, 0.3) is 0 Å². The largest absolute Gasteiger partial charge is 0.351 e. The molecule has 1 heterocycles. The summed E-state index contributed by atoms with van der Waals surface area (Å²) in [6, 6.07) is 19.7. The quantitative estimate of drug-likeness (QED) is 0.529. The highest BCUT2D eigenvalue weighted by molar-refractivity contribution is 7.89. The van der Waals surface area contributed by atoms with Gasteiger partial charge in [0.1, 0.15) is 6.04 Å². The minimum absolute atomic E-state index is 0.158. The molecule has 3 aromatic rings. The van der Waals surface area contributed by atoms with Crippen LogP contribution in [0.1, 0.15) is 30.9 Å². The summed E-state index contributed by atoms with van der Waals surface area (Å²) < 4.78 is 28.3. The molecule has 8 heteroatoms. The van der Waals surface area contributed by atoms with Crippen molar-refractivity contribution in [1.29, 1.82) is 0 Å². The Balaban J connectivity index is 1.41. The molecule has 2 N–H and O–H groups in total. The van der Waals surface area contributed by atoms with Gasteiger partial charge in [-0.2, -0.15) is 4.31 Å². The summed E-state index contributed by atoms with van der Waals surface area (Å²) in [5, 5.41) is 7.38. The van der Waals surface area contributed by atoms with Gasteiger partial charge >= 0.3 is 0 Å². The number of nitrogens with zero attached hydrogens (tertiary/aromatic N) is 1. The third-order valence-corrected chi connectivity index (χ3v) is 8.50. The fourth-order valence-corrected chi connectivity index (χ4v) is 6.30. The molecule has 1 aliphatic heterocycles. The third-order valence-electron chi connectivity index (χ3n) is 6.55. The Labute approximate surface area is 206 Å². The Kier molecular flexibility index (Phi) is 7.52. The number of piperidine rings is 1. The molecule has 0 spiro atoms. The molecule has 2 amide bonds.